The van der Waals surface area contributed by atoms with Gasteiger partial charge in [0.2, 0.25) is 0 Å². The molecule has 1 saturated heterocycles. The van der Waals surface area contributed by atoms with Crippen molar-refractivity contribution in [1.29, 1.82) is 0 Å². The number of rotatable bonds is 0. The monoisotopic (exact) mass is 250 g/mol. The molecule has 3 rings (SSSR count). The molecule has 1 aliphatic heterocycles. The number of carbonyl (C=O) groups excluding carboxylic acids is 1. The van der Waals surface area contributed by atoms with Crippen molar-refractivity contribution in [1.82, 2.24) is 0 Å². The van der Waals surface area contributed by atoms with Crippen molar-refractivity contribution >= 4 is 5.97 Å². The molecule has 18 heavy (non-hydrogen) atoms. The lowest BCUT2D eigenvalue weighted by atomic mass is 9.47. The highest BCUT2D eigenvalue weighted by molar-refractivity contribution is 5.93. The van der Waals surface area contributed by atoms with Gasteiger partial charge in [-0.1, -0.05) is 33.3 Å². The first-order valence-corrected chi connectivity index (χ1v) is 6.91. The first kappa shape index (κ1) is 12.2. The molecule has 2 fully saturated rings. The van der Waals surface area contributed by atoms with Gasteiger partial charge in [-0.15, -0.1) is 0 Å². The molecule has 0 aromatic carbocycles. The van der Waals surface area contributed by atoms with E-state index in [0.717, 1.165) is 19.3 Å². The van der Waals surface area contributed by atoms with E-state index in [2.05, 4.69) is 20.8 Å². The van der Waals surface area contributed by atoms with Crippen LogP contribution in [0.5, 0.6) is 0 Å². The third-order valence-corrected chi connectivity index (χ3v) is 5.81. The van der Waals surface area contributed by atoms with Gasteiger partial charge in [-0.2, -0.15) is 0 Å². The van der Waals surface area contributed by atoms with Crippen LogP contribution in [-0.2, 0) is 9.53 Å². The molecule has 100 valence electrons. The zero-order valence-corrected chi connectivity index (χ0v) is 11.5. The van der Waals surface area contributed by atoms with Crippen LogP contribution in [0.4, 0.5) is 0 Å². The van der Waals surface area contributed by atoms with Crippen LogP contribution in [0, 0.1) is 16.7 Å². The third-order valence-electron chi connectivity index (χ3n) is 5.81. The number of carbonyl (C=O) groups is 1. The number of ether oxygens (including phenoxy) is 1. The van der Waals surface area contributed by atoms with Crippen LogP contribution in [0.1, 0.15) is 46.5 Å². The molecule has 0 spiro atoms. The Balaban J connectivity index is 2.12. The summed E-state index contributed by atoms with van der Waals surface area (Å²) in [6.07, 6.45) is 6.10. The Kier molecular flexibility index (Phi) is 2.30. The third kappa shape index (κ3) is 1.26. The fourth-order valence-electron chi connectivity index (χ4n) is 4.65. The van der Waals surface area contributed by atoms with Gasteiger partial charge in [0.1, 0.15) is 12.2 Å². The van der Waals surface area contributed by atoms with Gasteiger partial charge in [0.25, 0.3) is 0 Å². The van der Waals surface area contributed by atoms with Gasteiger partial charge < -0.3 is 9.84 Å². The Bertz CT molecular complexity index is 437. The molecule has 0 aromatic rings. The van der Waals surface area contributed by atoms with Crippen molar-refractivity contribution in [3.63, 3.8) is 0 Å². The van der Waals surface area contributed by atoms with Crippen molar-refractivity contribution in [2.45, 2.75) is 52.1 Å². The van der Waals surface area contributed by atoms with Crippen LogP contribution in [0.15, 0.2) is 11.6 Å². The summed E-state index contributed by atoms with van der Waals surface area (Å²) in [6, 6.07) is 0. The summed E-state index contributed by atoms with van der Waals surface area (Å²) >= 11 is 0. The number of aliphatic hydroxyl groups is 1. The van der Waals surface area contributed by atoms with E-state index in [1.165, 1.54) is 6.42 Å². The molecule has 3 heteroatoms. The minimum Gasteiger partial charge on any atom is -0.459 e. The minimum atomic E-state index is -1.06. The minimum absolute atomic E-state index is 0.140. The molecule has 1 saturated carbocycles. The average molecular weight is 250 g/mol. The van der Waals surface area contributed by atoms with Crippen molar-refractivity contribution < 1.29 is 14.6 Å². The van der Waals surface area contributed by atoms with E-state index >= 15 is 0 Å². The van der Waals surface area contributed by atoms with Gasteiger partial charge in [-0.3, -0.25) is 0 Å². The predicted molar refractivity (Wildman–Crippen MR) is 67.8 cm³/mol. The van der Waals surface area contributed by atoms with Crippen LogP contribution >= 0.6 is 0 Å². The number of hydrogen-bond donors (Lipinski definition) is 1. The molecule has 0 aromatic heterocycles. The molecule has 3 atom stereocenters. The van der Waals surface area contributed by atoms with E-state index in [9.17, 15) is 9.90 Å². The summed E-state index contributed by atoms with van der Waals surface area (Å²) in [5.74, 6) is 0.0996. The van der Waals surface area contributed by atoms with E-state index < -0.39 is 5.60 Å². The fraction of sp³-hybridized carbons (Fsp3) is 0.800. The van der Waals surface area contributed by atoms with Gasteiger partial charge in [0, 0.05) is 5.41 Å². The second-order valence-electron chi connectivity index (χ2n) is 7.10. The number of fused-ring (bicyclic) bond motifs is 3. The first-order chi connectivity index (χ1) is 8.31. The molecular formula is C15H22O3. The van der Waals surface area contributed by atoms with E-state index in [1.807, 2.05) is 6.08 Å². The summed E-state index contributed by atoms with van der Waals surface area (Å²) < 4.78 is 5.13. The molecule has 0 radical (unpaired) electrons. The Labute approximate surface area is 108 Å². The maximum Gasteiger partial charge on any atom is 0.336 e. The summed E-state index contributed by atoms with van der Waals surface area (Å²) in [5.41, 5.74) is -0.564. The van der Waals surface area contributed by atoms with Gasteiger partial charge >= 0.3 is 5.97 Å². The summed E-state index contributed by atoms with van der Waals surface area (Å²) in [4.78, 5) is 11.7. The second kappa shape index (κ2) is 3.38. The molecule has 1 heterocycles. The SMILES string of the molecule is CC1(C)CCCC2(C)C1CC=C1C(=O)OCC12O. The van der Waals surface area contributed by atoms with Gasteiger partial charge in [0.15, 0.2) is 0 Å². The second-order valence-corrected chi connectivity index (χ2v) is 7.10. The maximum absolute atomic E-state index is 11.7. The number of esters is 1. The van der Waals surface area contributed by atoms with Gasteiger partial charge in [-0.05, 0) is 30.6 Å². The number of cyclic esters (lactones) is 1. The van der Waals surface area contributed by atoms with Gasteiger partial charge in [-0.25, -0.2) is 4.79 Å². The zero-order chi connectivity index (χ0) is 13.2. The maximum atomic E-state index is 11.7. The highest BCUT2D eigenvalue weighted by Gasteiger charge is 2.64. The topological polar surface area (TPSA) is 46.5 Å². The number of allylic oxidation sites excluding steroid dienone is 1. The van der Waals surface area contributed by atoms with E-state index in [4.69, 9.17) is 4.74 Å². The number of hydrogen-bond acceptors (Lipinski definition) is 3. The van der Waals surface area contributed by atoms with Crippen LogP contribution in [-0.4, -0.2) is 23.3 Å². The Morgan fingerprint density at radius 3 is 2.78 bits per heavy atom. The quantitative estimate of drug-likeness (QED) is 0.672. The standard InChI is InChI=1S/C15H22O3/c1-13(2)7-4-8-14(3)11(13)6-5-10-12(16)18-9-15(10,14)17/h5,11,17H,4,6-9H2,1-3H3. The Morgan fingerprint density at radius 2 is 2.06 bits per heavy atom. The summed E-state index contributed by atoms with van der Waals surface area (Å²) in [5, 5.41) is 11.1. The van der Waals surface area contributed by atoms with Crippen LogP contribution in [0.3, 0.4) is 0 Å². The molecule has 3 unspecified atom stereocenters. The molecule has 2 aliphatic carbocycles. The normalized spacial score (nSPS) is 45.9. The highest BCUT2D eigenvalue weighted by atomic mass is 16.6. The molecule has 0 amide bonds. The lowest BCUT2D eigenvalue weighted by Crippen LogP contribution is -2.59. The summed E-state index contributed by atoms with van der Waals surface area (Å²) in [7, 11) is 0. The van der Waals surface area contributed by atoms with Crippen molar-refractivity contribution in [3.05, 3.63) is 11.6 Å². The van der Waals surface area contributed by atoms with E-state index in [1.54, 1.807) is 0 Å². The van der Waals surface area contributed by atoms with E-state index in [-0.39, 0.29) is 23.4 Å². The molecule has 3 nitrogen and oxygen atoms in total. The van der Waals surface area contributed by atoms with Gasteiger partial charge in [0.05, 0.1) is 5.57 Å². The molecule has 0 bridgehead atoms. The fourth-order valence-corrected chi connectivity index (χ4v) is 4.65. The van der Waals surface area contributed by atoms with Crippen LogP contribution in [0.2, 0.25) is 0 Å². The highest BCUT2D eigenvalue weighted by Crippen LogP contribution is 2.62. The Morgan fingerprint density at radius 1 is 1.33 bits per heavy atom. The van der Waals surface area contributed by atoms with Crippen molar-refractivity contribution in [3.8, 4) is 0 Å². The predicted octanol–water partition coefficient (Wildman–Crippen LogP) is 2.44. The lowest BCUT2D eigenvalue weighted by Gasteiger charge is -2.58. The lowest BCUT2D eigenvalue weighted by molar-refractivity contribution is -0.147. The smallest absolute Gasteiger partial charge is 0.336 e. The van der Waals surface area contributed by atoms with Crippen LogP contribution in [0.25, 0.3) is 0 Å². The van der Waals surface area contributed by atoms with E-state index in [0.29, 0.717) is 11.5 Å². The Hall–Kier alpha value is -0.830. The summed E-state index contributed by atoms with van der Waals surface area (Å²) in [6.45, 7) is 6.86. The van der Waals surface area contributed by atoms with Crippen molar-refractivity contribution in [2.75, 3.05) is 6.61 Å². The zero-order valence-electron chi connectivity index (χ0n) is 11.5. The largest absolute Gasteiger partial charge is 0.459 e. The average Bonchev–Trinajstić information content (AvgIpc) is 2.57. The molecule has 1 N–H and O–H groups in total. The first-order valence-electron chi connectivity index (χ1n) is 6.91. The van der Waals surface area contributed by atoms with Crippen molar-refractivity contribution in [2.24, 2.45) is 16.7 Å². The van der Waals surface area contributed by atoms with Crippen LogP contribution < -0.4 is 0 Å². The molecular weight excluding hydrogens is 228 g/mol. The molecule has 3 aliphatic rings.